The lowest BCUT2D eigenvalue weighted by Gasteiger charge is -2.19. The third kappa shape index (κ3) is 5.00. The van der Waals surface area contributed by atoms with Crippen molar-refractivity contribution in [2.24, 2.45) is 0 Å². The fourth-order valence-corrected chi connectivity index (χ4v) is 4.64. The van der Waals surface area contributed by atoms with Gasteiger partial charge in [-0.25, -0.2) is 8.42 Å². The number of nitrogens with zero attached hydrogens (tertiary/aromatic N) is 3. The maximum absolute atomic E-state index is 12.8. The van der Waals surface area contributed by atoms with Crippen molar-refractivity contribution in [1.29, 1.82) is 0 Å². The van der Waals surface area contributed by atoms with E-state index in [-0.39, 0.29) is 36.4 Å². The summed E-state index contributed by atoms with van der Waals surface area (Å²) in [7, 11) is -3.76. The van der Waals surface area contributed by atoms with Gasteiger partial charge in [-0.1, -0.05) is 23.3 Å². The zero-order valence-electron chi connectivity index (χ0n) is 18.1. The molecule has 0 radical (unpaired) electrons. The lowest BCUT2D eigenvalue weighted by molar-refractivity contribution is 0.102. The van der Waals surface area contributed by atoms with Gasteiger partial charge in [0.2, 0.25) is 22.7 Å². The molecule has 2 aromatic carbocycles. The van der Waals surface area contributed by atoms with Crippen molar-refractivity contribution in [3.63, 3.8) is 0 Å². The highest BCUT2D eigenvalue weighted by Gasteiger charge is 2.23. The molecule has 0 saturated heterocycles. The predicted molar refractivity (Wildman–Crippen MR) is 123 cm³/mol. The molecular weight excluding hydrogens is 460 g/mol. The SMILES string of the molecule is C=CCN(CC=C)S(=O)(=O)c1ccc(C(=O)Nc2nnc(Cc3ccc4c(c3)OCO4)o2)cc1. The van der Waals surface area contributed by atoms with Crippen LogP contribution in [0.3, 0.4) is 0 Å². The van der Waals surface area contributed by atoms with Crippen molar-refractivity contribution >= 4 is 21.9 Å². The van der Waals surface area contributed by atoms with Gasteiger partial charge in [-0.2, -0.15) is 4.31 Å². The molecule has 1 amide bonds. The van der Waals surface area contributed by atoms with Crippen molar-refractivity contribution in [2.45, 2.75) is 11.3 Å². The Morgan fingerprint density at radius 2 is 1.74 bits per heavy atom. The van der Waals surface area contributed by atoms with Crippen molar-refractivity contribution in [3.05, 3.63) is 84.8 Å². The fraction of sp³-hybridized carbons (Fsp3) is 0.174. The van der Waals surface area contributed by atoms with Crippen LogP contribution in [0.5, 0.6) is 11.5 Å². The molecule has 0 unspecified atom stereocenters. The molecule has 1 aliphatic rings. The molecule has 0 aliphatic carbocycles. The molecule has 1 aliphatic heterocycles. The summed E-state index contributed by atoms with van der Waals surface area (Å²) in [4.78, 5) is 12.6. The van der Waals surface area contributed by atoms with E-state index in [1.165, 1.54) is 40.7 Å². The Balaban J connectivity index is 1.41. The zero-order chi connectivity index (χ0) is 24.1. The minimum absolute atomic E-state index is 0.0524. The molecule has 1 aromatic heterocycles. The molecule has 10 nitrogen and oxygen atoms in total. The molecule has 0 bridgehead atoms. The van der Waals surface area contributed by atoms with E-state index in [1.807, 2.05) is 12.1 Å². The van der Waals surface area contributed by atoms with Crippen LogP contribution in [0.4, 0.5) is 6.01 Å². The van der Waals surface area contributed by atoms with Crippen LogP contribution in [0.2, 0.25) is 0 Å². The van der Waals surface area contributed by atoms with E-state index in [1.54, 1.807) is 6.07 Å². The number of rotatable bonds is 10. The lowest BCUT2D eigenvalue weighted by atomic mass is 10.1. The second-order valence-electron chi connectivity index (χ2n) is 7.24. The number of hydrogen-bond donors (Lipinski definition) is 1. The molecule has 0 saturated carbocycles. The molecule has 3 aromatic rings. The van der Waals surface area contributed by atoms with Crippen LogP contribution in [-0.2, 0) is 16.4 Å². The summed E-state index contributed by atoms with van der Waals surface area (Å²) >= 11 is 0. The van der Waals surface area contributed by atoms with Crippen LogP contribution >= 0.6 is 0 Å². The van der Waals surface area contributed by atoms with Crippen LogP contribution < -0.4 is 14.8 Å². The van der Waals surface area contributed by atoms with Gasteiger partial charge in [-0.3, -0.25) is 10.1 Å². The molecule has 1 N–H and O–H groups in total. The molecule has 0 spiro atoms. The normalized spacial score (nSPS) is 12.5. The van der Waals surface area contributed by atoms with Crippen molar-refractivity contribution in [2.75, 3.05) is 25.2 Å². The Morgan fingerprint density at radius 1 is 1.03 bits per heavy atom. The number of nitrogens with one attached hydrogen (secondary N) is 1. The van der Waals surface area contributed by atoms with Gasteiger partial charge in [0.1, 0.15) is 0 Å². The lowest BCUT2D eigenvalue weighted by Crippen LogP contribution is -2.31. The minimum Gasteiger partial charge on any atom is -0.454 e. The van der Waals surface area contributed by atoms with E-state index in [0.717, 1.165) is 5.56 Å². The van der Waals surface area contributed by atoms with Crippen LogP contribution in [-0.4, -0.2) is 48.7 Å². The predicted octanol–water partition coefficient (Wildman–Crippen LogP) is 3.00. The minimum atomic E-state index is -3.76. The number of hydrogen-bond acceptors (Lipinski definition) is 8. The molecule has 34 heavy (non-hydrogen) atoms. The van der Waals surface area contributed by atoms with E-state index >= 15 is 0 Å². The van der Waals surface area contributed by atoms with E-state index in [0.29, 0.717) is 23.8 Å². The highest BCUT2D eigenvalue weighted by atomic mass is 32.2. The number of aromatic nitrogens is 2. The zero-order valence-corrected chi connectivity index (χ0v) is 19.0. The highest BCUT2D eigenvalue weighted by Crippen LogP contribution is 2.33. The highest BCUT2D eigenvalue weighted by molar-refractivity contribution is 7.89. The summed E-state index contributed by atoms with van der Waals surface area (Å²) < 4.78 is 42.9. The number of amides is 1. The van der Waals surface area contributed by atoms with Crippen molar-refractivity contribution in [1.82, 2.24) is 14.5 Å². The van der Waals surface area contributed by atoms with Gasteiger partial charge in [0.25, 0.3) is 5.91 Å². The number of benzene rings is 2. The topological polar surface area (TPSA) is 124 Å². The van der Waals surface area contributed by atoms with E-state index in [2.05, 4.69) is 28.7 Å². The van der Waals surface area contributed by atoms with Gasteiger partial charge >= 0.3 is 6.01 Å². The average molecular weight is 483 g/mol. The third-order valence-electron chi connectivity index (χ3n) is 4.90. The maximum Gasteiger partial charge on any atom is 0.322 e. The second-order valence-corrected chi connectivity index (χ2v) is 9.18. The summed E-state index contributed by atoms with van der Waals surface area (Å²) in [6, 6.07) is 11.0. The Kier molecular flexibility index (Phi) is 6.75. The van der Waals surface area contributed by atoms with E-state index < -0.39 is 15.9 Å². The van der Waals surface area contributed by atoms with Crippen LogP contribution in [0.1, 0.15) is 21.8 Å². The monoisotopic (exact) mass is 482 g/mol. The first kappa shape index (κ1) is 23.2. The average Bonchev–Trinajstić information content (AvgIpc) is 3.48. The molecule has 176 valence electrons. The van der Waals surface area contributed by atoms with Gasteiger partial charge in [0.05, 0.1) is 11.3 Å². The van der Waals surface area contributed by atoms with Crippen molar-refractivity contribution in [3.8, 4) is 11.5 Å². The Morgan fingerprint density at radius 3 is 2.44 bits per heavy atom. The number of carbonyl (C=O) groups excluding carboxylic acids is 1. The number of sulfonamides is 1. The Labute approximate surface area is 196 Å². The van der Waals surface area contributed by atoms with E-state index in [4.69, 9.17) is 13.9 Å². The van der Waals surface area contributed by atoms with Gasteiger partial charge in [-0.05, 0) is 42.0 Å². The van der Waals surface area contributed by atoms with Crippen LogP contribution in [0, 0.1) is 0 Å². The quantitative estimate of drug-likeness (QED) is 0.438. The number of anilines is 1. The molecule has 2 heterocycles. The summed E-state index contributed by atoms with van der Waals surface area (Å²) in [5.74, 6) is 1.11. The van der Waals surface area contributed by atoms with E-state index in [9.17, 15) is 13.2 Å². The summed E-state index contributed by atoms with van der Waals surface area (Å²) in [6.45, 7) is 7.63. The first-order chi connectivity index (χ1) is 16.4. The van der Waals surface area contributed by atoms with Crippen molar-refractivity contribution < 1.29 is 27.1 Å². The smallest absolute Gasteiger partial charge is 0.322 e. The first-order valence-electron chi connectivity index (χ1n) is 10.2. The summed E-state index contributed by atoms with van der Waals surface area (Å²) in [6.07, 6.45) is 3.33. The Hall–Kier alpha value is -3.96. The number of ether oxygens (including phenoxy) is 2. The van der Waals surface area contributed by atoms with Crippen LogP contribution in [0.15, 0.2) is 77.1 Å². The largest absolute Gasteiger partial charge is 0.454 e. The van der Waals surface area contributed by atoms with Gasteiger partial charge in [0.15, 0.2) is 11.5 Å². The molecule has 4 rings (SSSR count). The second kappa shape index (κ2) is 9.89. The number of fused-ring (bicyclic) bond motifs is 1. The molecule has 0 fully saturated rings. The van der Waals surface area contributed by atoms with Gasteiger partial charge in [-0.15, -0.1) is 18.3 Å². The summed E-state index contributed by atoms with van der Waals surface area (Å²) in [5, 5.41) is 10.3. The molecule has 11 heteroatoms. The molecule has 0 atom stereocenters. The Bertz CT molecular complexity index is 1310. The van der Waals surface area contributed by atoms with Gasteiger partial charge < -0.3 is 13.9 Å². The third-order valence-corrected chi connectivity index (χ3v) is 6.75. The van der Waals surface area contributed by atoms with Gasteiger partial charge in [0, 0.05) is 18.7 Å². The first-order valence-corrected chi connectivity index (χ1v) is 11.7. The molecular formula is C23H22N4O6S. The van der Waals surface area contributed by atoms with Crippen LogP contribution in [0.25, 0.3) is 0 Å². The number of carbonyl (C=O) groups is 1. The standard InChI is InChI=1S/C23H22N4O6S/c1-3-11-27(12-4-2)34(29,30)18-8-6-17(7-9-18)22(28)24-23-26-25-21(33-23)14-16-5-10-19-20(13-16)32-15-31-19/h3-10,13H,1-2,11-12,14-15H2,(H,24,26,28). The summed E-state index contributed by atoms with van der Waals surface area (Å²) in [5.41, 5.74) is 1.11. The maximum atomic E-state index is 12.8. The fourth-order valence-electron chi connectivity index (χ4n) is 3.26.